The van der Waals surface area contributed by atoms with E-state index < -0.39 is 13.4 Å². The van der Waals surface area contributed by atoms with E-state index in [-0.39, 0.29) is 19.5 Å². The molecule has 0 amide bonds. The average molecular weight is 874 g/mol. The number of unbranched alkanes of at least 4 members (excludes halogenated alkanes) is 18. The van der Waals surface area contributed by atoms with Gasteiger partial charge in [0.05, 0.1) is 13.2 Å². The molecule has 8 nitrogen and oxygen atoms in total. The predicted molar refractivity (Wildman–Crippen MR) is 228 cm³/mol. The zero-order chi connectivity index (χ0) is 39.4. The summed E-state index contributed by atoms with van der Waals surface area (Å²) in [4.78, 5) is 45.3. The van der Waals surface area contributed by atoms with Crippen LogP contribution >= 0.6 is 13.4 Å². The van der Waals surface area contributed by atoms with Crippen LogP contribution in [-0.4, -0.2) is 42.6 Å². The van der Waals surface area contributed by atoms with Crippen LogP contribution in [0.25, 0.3) is 0 Å². The van der Waals surface area contributed by atoms with Gasteiger partial charge in [0.25, 0.3) is 0 Å². The molecule has 0 saturated heterocycles. The van der Waals surface area contributed by atoms with Crippen molar-refractivity contribution in [1.29, 1.82) is 0 Å². The summed E-state index contributed by atoms with van der Waals surface area (Å²) in [5.41, 5.74) is 2.75. The van der Waals surface area contributed by atoms with Gasteiger partial charge in [-0.25, -0.2) is 0 Å². The van der Waals surface area contributed by atoms with Gasteiger partial charge in [-0.3, -0.25) is 0 Å². The minimum absolute atomic E-state index is 0. The summed E-state index contributed by atoms with van der Waals surface area (Å²) in [6, 6.07) is 17.0. The third-order valence-electron chi connectivity index (χ3n) is 8.14. The first kappa shape index (κ1) is 57.1. The molecule has 0 aliphatic heterocycles. The molecule has 0 atom stereocenters. The van der Waals surface area contributed by atoms with Crippen molar-refractivity contribution in [2.45, 2.75) is 169 Å². The van der Waals surface area contributed by atoms with Gasteiger partial charge in [0.15, 0.2) is 0 Å². The van der Waals surface area contributed by atoms with Crippen molar-refractivity contribution in [1.82, 2.24) is 0 Å². The minimum atomic E-state index is -3.81. The zero-order valence-corrected chi connectivity index (χ0v) is 39.9. The van der Waals surface area contributed by atoms with Crippen LogP contribution in [0.15, 0.2) is 48.5 Å². The van der Waals surface area contributed by atoms with E-state index in [9.17, 15) is 0 Å². The smallest absolute Gasteiger partial charge is 0.319 e. The topological polar surface area (TPSA) is 140 Å². The second-order valence-electron chi connectivity index (χ2n) is 13.0. The molecular formula is C40H74O8P2S2Zn. The molecule has 13 heteroatoms. The molecule has 0 saturated carbocycles. The van der Waals surface area contributed by atoms with Gasteiger partial charge in [-0.1, -0.05) is 166 Å². The molecule has 306 valence electrons. The van der Waals surface area contributed by atoms with E-state index in [1.165, 1.54) is 140 Å². The molecule has 0 heterocycles. The molecule has 0 aromatic heterocycles. The molecule has 0 fully saturated rings. The van der Waals surface area contributed by atoms with Gasteiger partial charge in [0.1, 0.15) is 11.5 Å². The Kier molecular flexibility index (Phi) is 43.0. The number of hydrogen-bond acceptors (Lipinski definition) is 4. The Morgan fingerprint density at radius 1 is 0.415 bits per heavy atom. The summed E-state index contributed by atoms with van der Waals surface area (Å²) in [7, 11) is 0. The monoisotopic (exact) mass is 872 g/mol. The SMILES string of the molecule is CCCCCCCCCCCCc1ccccc1OCC.CCCCCCCCCCCCc1ccccc1OCC.OP(O)(O)=S.OP(O)(O)=S.[Zn]. The van der Waals surface area contributed by atoms with Crippen LogP contribution in [0.1, 0.15) is 167 Å². The molecule has 0 radical (unpaired) electrons. The van der Waals surface area contributed by atoms with Crippen molar-refractivity contribution in [2.24, 2.45) is 0 Å². The molecule has 2 rings (SSSR count). The molecule has 0 spiro atoms. The van der Waals surface area contributed by atoms with Gasteiger partial charge in [-0.2, -0.15) is 0 Å². The molecular weight excluding hydrogens is 800 g/mol. The third kappa shape index (κ3) is 47.8. The Balaban J connectivity index is -0.000000740. The summed E-state index contributed by atoms with van der Waals surface area (Å²) in [5.74, 6) is 2.16. The molecule has 2 aromatic carbocycles. The molecule has 0 bridgehead atoms. The first-order chi connectivity index (χ1) is 24.8. The van der Waals surface area contributed by atoms with Gasteiger partial charge >= 0.3 is 13.4 Å². The van der Waals surface area contributed by atoms with E-state index in [1.807, 2.05) is 0 Å². The van der Waals surface area contributed by atoms with Crippen molar-refractivity contribution in [3.63, 3.8) is 0 Å². The number of hydrogen-bond donors (Lipinski definition) is 6. The van der Waals surface area contributed by atoms with Gasteiger partial charge in [0.2, 0.25) is 0 Å². The first-order valence-corrected chi connectivity index (χ1v) is 25.1. The predicted octanol–water partition coefficient (Wildman–Crippen LogP) is 11.5. The Morgan fingerprint density at radius 2 is 0.642 bits per heavy atom. The van der Waals surface area contributed by atoms with Crippen molar-refractivity contribution in [2.75, 3.05) is 13.2 Å². The minimum Gasteiger partial charge on any atom is -0.494 e. The molecule has 53 heavy (non-hydrogen) atoms. The Hall–Kier alpha value is -0.277. The van der Waals surface area contributed by atoms with Gasteiger partial charge in [-0.05, 0) is 86.4 Å². The quantitative estimate of drug-likeness (QED) is 0.0308. The second kappa shape index (κ2) is 39.9. The maximum Gasteiger partial charge on any atom is 0.319 e. The number of rotatable bonds is 26. The Bertz CT molecular complexity index is 1060. The summed E-state index contributed by atoms with van der Waals surface area (Å²) >= 11 is 7.21. The number of aryl methyl sites for hydroxylation is 2. The van der Waals surface area contributed by atoms with Crippen molar-refractivity contribution >= 4 is 37.1 Å². The van der Waals surface area contributed by atoms with Crippen LogP contribution in [0.3, 0.4) is 0 Å². The van der Waals surface area contributed by atoms with Gasteiger partial charge in [0, 0.05) is 19.5 Å². The molecule has 0 aliphatic rings. The fourth-order valence-electron chi connectivity index (χ4n) is 5.62. The van der Waals surface area contributed by atoms with Gasteiger partial charge < -0.3 is 38.8 Å². The zero-order valence-electron chi connectivity index (χ0n) is 33.5. The van der Waals surface area contributed by atoms with Crippen LogP contribution in [0.2, 0.25) is 0 Å². The van der Waals surface area contributed by atoms with E-state index in [0.717, 1.165) is 37.6 Å². The summed E-state index contributed by atoms with van der Waals surface area (Å²) < 4.78 is 11.4. The fourth-order valence-corrected chi connectivity index (χ4v) is 5.62. The van der Waals surface area contributed by atoms with E-state index in [4.69, 9.17) is 38.8 Å². The molecule has 2 aromatic rings. The molecule has 6 N–H and O–H groups in total. The van der Waals surface area contributed by atoms with Gasteiger partial charge in [-0.15, -0.1) is 0 Å². The molecule has 0 unspecified atom stereocenters. The van der Waals surface area contributed by atoms with E-state index >= 15 is 0 Å². The van der Waals surface area contributed by atoms with Crippen molar-refractivity contribution in [3.8, 4) is 11.5 Å². The second-order valence-corrected chi connectivity index (χ2v) is 18.0. The van der Waals surface area contributed by atoms with E-state index in [1.54, 1.807) is 0 Å². The summed E-state index contributed by atoms with van der Waals surface area (Å²) in [6.07, 6.45) is 30.3. The first-order valence-electron chi connectivity index (χ1n) is 19.7. The van der Waals surface area contributed by atoms with Crippen LogP contribution in [0, 0.1) is 0 Å². The van der Waals surface area contributed by atoms with Crippen molar-refractivity contribution in [3.05, 3.63) is 59.7 Å². The van der Waals surface area contributed by atoms with Crippen LogP contribution in [-0.2, 0) is 55.9 Å². The maximum absolute atomic E-state index is 7.56. The van der Waals surface area contributed by atoms with Crippen LogP contribution in [0.5, 0.6) is 11.5 Å². The number of para-hydroxylation sites is 2. The summed E-state index contributed by atoms with van der Waals surface area (Å²) in [6.45, 7) is 2.58. The Labute approximate surface area is 346 Å². The third-order valence-corrected chi connectivity index (χ3v) is 8.14. The van der Waals surface area contributed by atoms with E-state index in [2.05, 4.69) is 99.8 Å². The fraction of sp³-hybridized carbons (Fsp3) is 0.700. The number of ether oxygens (including phenoxy) is 2. The van der Waals surface area contributed by atoms with Crippen LogP contribution < -0.4 is 9.47 Å². The van der Waals surface area contributed by atoms with E-state index in [0.29, 0.717) is 0 Å². The largest absolute Gasteiger partial charge is 0.494 e. The summed E-state index contributed by atoms with van der Waals surface area (Å²) in [5, 5.41) is 0. The maximum atomic E-state index is 7.56. The van der Waals surface area contributed by atoms with Crippen LogP contribution in [0.4, 0.5) is 0 Å². The van der Waals surface area contributed by atoms with Crippen molar-refractivity contribution < 1.29 is 58.3 Å². The number of benzene rings is 2. The standard InChI is InChI=1S/2C20H34O.2H3O3PS.Zn/c2*1-3-5-6-7-8-9-10-11-12-13-16-19-17-14-15-18-20(19)21-4-2;2*1-4(2,3)5;/h2*14-15,17-18H,3-13,16H2,1-2H3;2*(H3,1,2,3,5);. The normalized spacial score (nSPS) is 10.8. The average Bonchev–Trinajstić information content (AvgIpc) is 3.07. The Morgan fingerprint density at radius 3 is 0.887 bits per heavy atom. The molecule has 0 aliphatic carbocycles.